The van der Waals surface area contributed by atoms with Crippen molar-refractivity contribution in [1.29, 1.82) is 0 Å². The quantitative estimate of drug-likeness (QED) is 0.600. The van der Waals surface area contributed by atoms with Gasteiger partial charge in [0, 0.05) is 11.8 Å². The number of ketones is 1. The van der Waals surface area contributed by atoms with E-state index in [9.17, 15) is 19.8 Å². The molecule has 0 radical (unpaired) electrons. The second kappa shape index (κ2) is 9.08. The molecule has 4 heteroatoms. The summed E-state index contributed by atoms with van der Waals surface area (Å²) in [6.45, 7) is 8.50. The highest BCUT2D eigenvalue weighted by Gasteiger charge is 2.57. The van der Waals surface area contributed by atoms with Gasteiger partial charge in [0.15, 0.2) is 0 Å². The van der Waals surface area contributed by atoms with Gasteiger partial charge in [-0.3, -0.25) is 9.59 Å². The van der Waals surface area contributed by atoms with Gasteiger partial charge >= 0.3 is 5.97 Å². The monoisotopic (exact) mass is 406 g/mol. The van der Waals surface area contributed by atoms with Gasteiger partial charge in [-0.2, -0.15) is 0 Å². The number of aliphatic hydroxyl groups excluding tert-OH is 1. The first-order valence-corrected chi connectivity index (χ1v) is 12.2. The summed E-state index contributed by atoms with van der Waals surface area (Å²) in [5, 5.41) is 19.8. The van der Waals surface area contributed by atoms with Crippen LogP contribution in [-0.4, -0.2) is 28.1 Å². The van der Waals surface area contributed by atoms with Crippen molar-refractivity contribution in [2.24, 2.45) is 46.8 Å². The maximum atomic E-state index is 14.0. The largest absolute Gasteiger partial charge is 0.481 e. The van der Waals surface area contributed by atoms with E-state index in [1.807, 2.05) is 6.92 Å². The van der Waals surface area contributed by atoms with E-state index >= 15 is 0 Å². The van der Waals surface area contributed by atoms with Gasteiger partial charge in [0.25, 0.3) is 0 Å². The Hall–Kier alpha value is -0.900. The van der Waals surface area contributed by atoms with Crippen LogP contribution in [0.15, 0.2) is 0 Å². The number of Topliss-reactive ketones (excluding diaryl/α,β-unsaturated/α-hetero) is 1. The average molecular weight is 407 g/mol. The number of carboxylic acid groups (broad SMARTS) is 1. The van der Waals surface area contributed by atoms with Crippen LogP contribution in [0.2, 0.25) is 0 Å². The van der Waals surface area contributed by atoms with E-state index in [2.05, 4.69) is 20.8 Å². The first kappa shape index (κ1) is 22.8. The fraction of sp³-hybridized carbons (Fsp3) is 0.920. The van der Waals surface area contributed by atoms with Crippen molar-refractivity contribution in [1.82, 2.24) is 0 Å². The smallest absolute Gasteiger partial charge is 0.306 e. The van der Waals surface area contributed by atoms with Crippen LogP contribution in [0.5, 0.6) is 0 Å². The predicted molar refractivity (Wildman–Crippen MR) is 114 cm³/mol. The van der Waals surface area contributed by atoms with Crippen molar-refractivity contribution in [3.8, 4) is 0 Å². The van der Waals surface area contributed by atoms with Gasteiger partial charge < -0.3 is 10.2 Å². The number of rotatable bonds is 7. The summed E-state index contributed by atoms with van der Waals surface area (Å²) in [7, 11) is 0. The SMILES string of the molecule is CC[C@H]1CCC2(C)C([C@H](C)C(=O)O)CC[C@H]2C1C(=O)[C@H](CC)C1CCC[C@@H](O)C1. The molecule has 4 unspecified atom stereocenters. The molecule has 3 aliphatic carbocycles. The minimum absolute atomic E-state index is 0.0336. The summed E-state index contributed by atoms with van der Waals surface area (Å²) in [6.07, 6.45) is 9.42. The third kappa shape index (κ3) is 4.16. The van der Waals surface area contributed by atoms with Crippen molar-refractivity contribution < 1.29 is 19.8 Å². The van der Waals surface area contributed by atoms with Crippen molar-refractivity contribution in [3.05, 3.63) is 0 Å². The van der Waals surface area contributed by atoms with Crippen LogP contribution >= 0.6 is 0 Å². The topological polar surface area (TPSA) is 74.6 Å². The Balaban J connectivity index is 1.87. The zero-order valence-electron chi connectivity index (χ0n) is 18.9. The van der Waals surface area contributed by atoms with E-state index in [0.717, 1.165) is 64.2 Å². The maximum Gasteiger partial charge on any atom is 0.306 e. The Morgan fingerprint density at radius 2 is 1.83 bits per heavy atom. The molecule has 0 heterocycles. The molecule has 0 saturated heterocycles. The lowest BCUT2D eigenvalue weighted by atomic mass is 9.54. The molecular weight excluding hydrogens is 364 g/mol. The van der Waals surface area contributed by atoms with Crippen molar-refractivity contribution in [3.63, 3.8) is 0 Å². The van der Waals surface area contributed by atoms with Gasteiger partial charge in [0.05, 0.1) is 12.0 Å². The number of hydrogen-bond acceptors (Lipinski definition) is 3. The third-order valence-corrected chi connectivity index (χ3v) is 9.39. The van der Waals surface area contributed by atoms with Crippen molar-refractivity contribution in [2.75, 3.05) is 0 Å². The zero-order valence-corrected chi connectivity index (χ0v) is 18.9. The summed E-state index contributed by atoms with van der Waals surface area (Å²) in [4.78, 5) is 25.7. The first-order chi connectivity index (χ1) is 13.7. The molecule has 3 rings (SSSR count). The number of aliphatic hydroxyl groups is 1. The van der Waals surface area contributed by atoms with E-state index in [-0.39, 0.29) is 35.2 Å². The minimum atomic E-state index is -0.694. The molecule has 0 aliphatic heterocycles. The molecular formula is C25H42O4. The first-order valence-electron chi connectivity index (χ1n) is 12.2. The summed E-state index contributed by atoms with van der Waals surface area (Å²) in [5.74, 6) is 0.792. The highest BCUT2D eigenvalue weighted by molar-refractivity contribution is 5.84. The molecule has 0 aromatic rings. The molecule has 0 aromatic heterocycles. The lowest BCUT2D eigenvalue weighted by Crippen LogP contribution is -2.48. The maximum absolute atomic E-state index is 14.0. The fourth-order valence-corrected chi connectivity index (χ4v) is 7.72. The standard InChI is InChI=1S/C25H42O4/c1-5-16-12-13-25(4)20(15(3)24(28)29)10-11-21(25)22(16)23(27)19(6-2)17-8-7-9-18(26)14-17/h15-22,26H,5-14H2,1-4H3,(H,28,29)/t15-,16-,17?,18+,19+,20?,21-,22?,25?/m0/s1. The van der Waals surface area contributed by atoms with E-state index < -0.39 is 5.97 Å². The number of carbonyl (C=O) groups excluding carboxylic acids is 1. The molecule has 0 bridgehead atoms. The molecule has 9 atom stereocenters. The van der Waals surface area contributed by atoms with Crippen LogP contribution in [0.3, 0.4) is 0 Å². The van der Waals surface area contributed by atoms with Crippen LogP contribution in [0, 0.1) is 46.8 Å². The molecule has 0 amide bonds. The lowest BCUT2D eigenvalue weighted by Gasteiger charge is -2.50. The molecule has 4 nitrogen and oxygen atoms in total. The van der Waals surface area contributed by atoms with Gasteiger partial charge in [0.2, 0.25) is 0 Å². The Morgan fingerprint density at radius 3 is 2.41 bits per heavy atom. The van der Waals surface area contributed by atoms with Crippen LogP contribution < -0.4 is 0 Å². The summed E-state index contributed by atoms with van der Waals surface area (Å²) in [5.41, 5.74) is -0.0336. The summed E-state index contributed by atoms with van der Waals surface area (Å²) in [6, 6.07) is 0. The van der Waals surface area contributed by atoms with Gasteiger partial charge in [0.1, 0.15) is 5.78 Å². The van der Waals surface area contributed by atoms with E-state index in [4.69, 9.17) is 0 Å². The van der Waals surface area contributed by atoms with Gasteiger partial charge in [-0.25, -0.2) is 0 Å². The Kier molecular flexibility index (Phi) is 7.13. The van der Waals surface area contributed by atoms with Crippen LogP contribution in [0.4, 0.5) is 0 Å². The molecule has 29 heavy (non-hydrogen) atoms. The molecule has 0 aromatic carbocycles. The van der Waals surface area contributed by atoms with Crippen molar-refractivity contribution >= 4 is 11.8 Å². The van der Waals surface area contributed by atoms with Crippen LogP contribution in [0.25, 0.3) is 0 Å². The summed E-state index contributed by atoms with van der Waals surface area (Å²) < 4.78 is 0. The van der Waals surface area contributed by atoms with Crippen LogP contribution in [-0.2, 0) is 9.59 Å². The summed E-state index contributed by atoms with van der Waals surface area (Å²) >= 11 is 0. The molecule has 3 saturated carbocycles. The van der Waals surface area contributed by atoms with E-state index in [1.54, 1.807) is 0 Å². The third-order valence-electron chi connectivity index (χ3n) is 9.39. The number of hydrogen-bond donors (Lipinski definition) is 2. The number of carboxylic acids is 1. The van der Waals surface area contributed by atoms with Crippen molar-refractivity contribution in [2.45, 2.75) is 98.0 Å². The highest BCUT2D eigenvalue weighted by atomic mass is 16.4. The number of fused-ring (bicyclic) bond motifs is 1. The van der Waals surface area contributed by atoms with Gasteiger partial charge in [-0.15, -0.1) is 0 Å². The fourth-order valence-electron chi connectivity index (χ4n) is 7.72. The zero-order chi connectivity index (χ0) is 21.3. The van der Waals surface area contributed by atoms with E-state index in [1.165, 1.54) is 0 Å². The Labute approximate surface area is 176 Å². The molecule has 3 aliphatic rings. The predicted octanol–water partition coefficient (Wildman–Crippen LogP) is 5.32. The Bertz CT molecular complexity index is 602. The minimum Gasteiger partial charge on any atom is -0.481 e. The van der Waals surface area contributed by atoms with Gasteiger partial charge in [-0.05, 0) is 80.5 Å². The van der Waals surface area contributed by atoms with E-state index in [0.29, 0.717) is 23.5 Å². The number of aliphatic carboxylic acids is 1. The average Bonchev–Trinajstić information content (AvgIpc) is 3.03. The van der Waals surface area contributed by atoms with Crippen LogP contribution in [0.1, 0.15) is 91.9 Å². The normalized spacial score (nSPS) is 42.1. The van der Waals surface area contributed by atoms with Gasteiger partial charge in [-0.1, -0.05) is 40.5 Å². The second-order valence-electron chi connectivity index (χ2n) is 10.7. The Morgan fingerprint density at radius 1 is 1.10 bits per heavy atom. The number of carbonyl (C=O) groups is 2. The second-order valence-corrected chi connectivity index (χ2v) is 10.7. The lowest BCUT2D eigenvalue weighted by molar-refractivity contribution is -0.147. The molecule has 3 fully saturated rings. The molecule has 0 spiro atoms. The molecule has 2 N–H and O–H groups in total. The molecule has 166 valence electrons. The highest BCUT2D eigenvalue weighted by Crippen LogP contribution is 2.62.